The van der Waals surface area contributed by atoms with Crippen LogP contribution in [0.15, 0.2) is 23.0 Å². The quantitative estimate of drug-likeness (QED) is 0.729. The van der Waals surface area contributed by atoms with Crippen molar-refractivity contribution < 1.29 is 0 Å². The fourth-order valence-electron chi connectivity index (χ4n) is 1.09. The number of H-pyrrole nitrogens is 1. The van der Waals surface area contributed by atoms with E-state index in [1.54, 1.807) is 6.07 Å². The first-order valence-corrected chi connectivity index (χ1v) is 4.57. The van der Waals surface area contributed by atoms with Crippen LogP contribution >= 0.6 is 0 Å². The van der Waals surface area contributed by atoms with Gasteiger partial charge in [-0.15, -0.1) is 0 Å². The smallest absolute Gasteiger partial charge is 0.248 e. The first kappa shape index (κ1) is 9.99. The van der Waals surface area contributed by atoms with E-state index in [4.69, 9.17) is 0 Å². The number of rotatable bonds is 4. The second-order valence-corrected chi connectivity index (χ2v) is 3.57. The lowest BCUT2D eigenvalue weighted by Crippen LogP contribution is -2.21. The Hall–Kier alpha value is -1.09. The highest BCUT2D eigenvalue weighted by Crippen LogP contribution is 1.91. The third kappa shape index (κ3) is 3.90. The predicted molar refractivity (Wildman–Crippen MR) is 53.6 cm³/mol. The molecule has 3 nitrogen and oxygen atoms in total. The maximum atomic E-state index is 10.9. The Morgan fingerprint density at radius 1 is 1.46 bits per heavy atom. The molecule has 0 atom stereocenters. The van der Waals surface area contributed by atoms with Crippen molar-refractivity contribution >= 4 is 0 Å². The first-order valence-electron chi connectivity index (χ1n) is 4.57. The molecule has 0 amide bonds. The van der Waals surface area contributed by atoms with Gasteiger partial charge in [-0.3, -0.25) is 4.79 Å². The second-order valence-electron chi connectivity index (χ2n) is 3.57. The van der Waals surface area contributed by atoms with E-state index >= 15 is 0 Å². The number of nitrogens with one attached hydrogen (secondary N) is 2. The largest absolute Gasteiger partial charge is 0.325 e. The monoisotopic (exact) mass is 180 g/mol. The second kappa shape index (κ2) is 4.82. The maximum Gasteiger partial charge on any atom is 0.248 e. The van der Waals surface area contributed by atoms with Gasteiger partial charge in [-0.1, -0.05) is 19.9 Å². The molecule has 0 bridgehead atoms. The van der Waals surface area contributed by atoms with Crippen LogP contribution in [0.1, 0.15) is 19.5 Å². The lowest BCUT2D eigenvalue weighted by atomic mass is 10.2. The lowest BCUT2D eigenvalue weighted by Gasteiger charge is -2.06. The summed E-state index contributed by atoms with van der Waals surface area (Å²) in [6, 6.07) is 5.20. The van der Waals surface area contributed by atoms with Crippen molar-refractivity contribution in [2.75, 3.05) is 6.54 Å². The van der Waals surface area contributed by atoms with Gasteiger partial charge in [0.25, 0.3) is 0 Å². The number of aromatic nitrogens is 1. The van der Waals surface area contributed by atoms with Crippen molar-refractivity contribution in [2.45, 2.75) is 20.4 Å². The maximum absolute atomic E-state index is 10.9. The SMILES string of the molecule is CC(C)CNCc1cccc(=O)[nH]1. The van der Waals surface area contributed by atoms with Crippen molar-refractivity contribution in [1.82, 2.24) is 10.3 Å². The first-order chi connectivity index (χ1) is 6.18. The Morgan fingerprint density at radius 2 is 2.23 bits per heavy atom. The summed E-state index contributed by atoms with van der Waals surface area (Å²) in [5.74, 6) is 0.635. The summed E-state index contributed by atoms with van der Waals surface area (Å²) < 4.78 is 0. The Labute approximate surface area is 78.2 Å². The van der Waals surface area contributed by atoms with Crippen LogP contribution in [0.3, 0.4) is 0 Å². The van der Waals surface area contributed by atoms with E-state index in [-0.39, 0.29) is 5.56 Å². The van der Waals surface area contributed by atoms with Crippen molar-refractivity contribution in [3.05, 3.63) is 34.2 Å². The van der Waals surface area contributed by atoms with E-state index in [9.17, 15) is 4.79 Å². The molecule has 13 heavy (non-hydrogen) atoms. The van der Waals surface area contributed by atoms with Crippen molar-refractivity contribution in [1.29, 1.82) is 0 Å². The number of pyridine rings is 1. The molecule has 0 unspecified atom stereocenters. The van der Waals surface area contributed by atoms with E-state index in [1.807, 2.05) is 6.07 Å². The molecule has 0 aromatic carbocycles. The molecule has 0 saturated heterocycles. The molecule has 0 saturated carbocycles. The van der Waals surface area contributed by atoms with Crippen LogP contribution in [0, 0.1) is 5.92 Å². The van der Waals surface area contributed by atoms with Crippen LogP contribution in [-0.4, -0.2) is 11.5 Å². The minimum Gasteiger partial charge on any atom is -0.325 e. The molecular formula is C10H16N2O. The van der Waals surface area contributed by atoms with Gasteiger partial charge in [-0.25, -0.2) is 0 Å². The van der Waals surface area contributed by atoms with Gasteiger partial charge in [0, 0.05) is 18.3 Å². The Morgan fingerprint density at radius 3 is 2.85 bits per heavy atom. The Kier molecular flexibility index (Phi) is 3.71. The van der Waals surface area contributed by atoms with Crippen LogP contribution in [0.4, 0.5) is 0 Å². The minimum atomic E-state index is -0.0381. The van der Waals surface area contributed by atoms with Gasteiger partial charge in [-0.05, 0) is 18.5 Å². The molecule has 2 N–H and O–H groups in total. The average Bonchev–Trinajstić information content (AvgIpc) is 2.03. The van der Waals surface area contributed by atoms with Gasteiger partial charge in [0.05, 0.1) is 0 Å². The molecule has 1 aromatic heterocycles. The highest BCUT2D eigenvalue weighted by molar-refractivity contribution is 5.03. The summed E-state index contributed by atoms with van der Waals surface area (Å²) in [5, 5.41) is 3.26. The normalized spacial score (nSPS) is 10.7. The molecule has 0 aliphatic carbocycles. The van der Waals surface area contributed by atoms with Gasteiger partial charge in [0.1, 0.15) is 0 Å². The molecule has 1 heterocycles. The fourth-order valence-corrected chi connectivity index (χ4v) is 1.09. The molecule has 72 valence electrons. The van der Waals surface area contributed by atoms with Gasteiger partial charge in [0.15, 0.2) is 0 Å². The summed E-state index contributed by atoms with van der Waals surface area (Å²) in [5.41, 5.74) is 0.900. The molecule has 3 heteroatoms. The van der Waals surface area contributed by atoms with Crippen LogP contribution in [-0.2, 0) is 6.54 Å². The number of aromatic amines is 1. The highest BCUT2D eigenvalue weighted by Gasteiger charge is 1.94. The van der Waals surface area contributed by atoms with Crippen molar-refractivity contribution in [3.8, 4) is 0 Å². The lowest BCUT2D eigenvalue weighted by molar-refractivity contribution is 0.548. The molecular weight excluding hydrogens is 164 g/mol. The fraction of sp³-hybridized carbons (Fsp3) is 0.500. The molecule has 1 aromatic rings. The predicted octanol–water partition coefficient (Wildman–Crippen LogP) is 1.12. The van der Waals surface area contributed by atoms with E-state index < -0.39 is 0 Å². The summed E-state index contributed by atoms with van der Waals surface area (Å²) in [6.07, 6.45) is 0. The van der Waals surface area contributed by atoms with Crippen molar-refractivity contribution in [3.63, 3.8) is 0 Å². The van der Waals surface area contributed by atoms with Gasteiger partial charge >= 0.3 is 0 Å². The van der Waals surface area contributed by atoms with E-state index in [0.717, 1.165) is 18.8 Å². The summed E-state index contributed by atoms with van der Waals surface area (Å²) in [4.78, 5) is 13.7. The number of hydrogen-bond acceptors (Lipinski definition) is 2. The summed E-state index contributed by atoms with van der Waals surface area (Å²) in [6.45, 7) is 6.01. The van der Waals surface area contributed by atoms with Crippen LogP contribution in [0.25, 0.3) is 0 Å². The van der Waals surface area contributed by atoms with E-state index in [1.165, 1.54) is 6.07 Å². The zero-order chi connectivity index (χ0) is 9.68. The summed E-state index contributed by atoms with van der Waals surface area (Å²) in [7, 11) is 0. The van der Waals surface area contributed by atoms with Gasteiger partial charge in [0.2, 0.25) is 5.56 Å². The van der Waals surface area contributed by atoms with E-state index in [0.29, 0.717) is 5.92 Å². The zero-order valence-electron chi connectivity index (χ0n) is 8.13. The Bertz CT molecular complexity index is 304. The van der Waals surface area contributed by atoms with E-state index in [2.05, 4.69) is 24.1 Å². The minimum absolute atomic E-state index is 0.0381. The van der Waals surface area contributed by atoms with Gasteiger partial charge in [-0.2, -0.15) is 0 Å². The third-order valence-corrected chi connectivity index (χ3v) is 1.70. The Balaban J connectivity index is 2.41. The molecule has 0 aliphatic heterocycles. The average molecular weight is 180 g/mol. The third-order valence-electron chi connectivity index (χ3n) is 1.70. The molecule has 1 rings (SSSR count). The molecule has 0 spiro atoms. The van der Waals surface area contributed by atoms with Crippen molar-refractivity contribution in [2.24, 2.45) is 5.92 Å². The standard InChI is InChI=1S/C10H16N2O/c1-8(2)6-11-7-9-4-3-5-10(13)12-9/h3-5,8,11H,6-7H2,1-2H3,(H,12,13). The van der Waals surface area contributed by atoms with Crippen LogP contribution < -0.4 is 10.9 Å². The summed E-state index contributed by atoms with van der Waals surface area (Å²) >= 11 is 0. The van der Waals surface area contributed by atoms with Crippen LogP contribution in [0.5, 0.6) is 0 Å². The zero-order valence-corrected chi connectivity index (χ0v) is 8.13. The van der Waals surface area contributed by atoms with Crippen LogP contribution in [0.2, 0.25) is 0 Å². The number of hydrogen-bond donors (Lipinski definition) is 2. The molecule has 0 fully saturated rings. The molecule has 0 aliphatic rings. The van der Waals surface area contributed by atoms with Gasteiger partial charge < -0.3 is 10.3 Å². The molecule has 0 radical (unpaired) electrons. The highest BCUT2D eigenvalue weighted by atomic mass is 16.1. The topological polar surface area (TPSA) is 44.9 Å².